The number of aromatic nitrogens is 2. The molecule has 0 N–H and O–H groups in total. The van der Waals surface area contributed by atoms with Gasteiger partial charge in [-0.2, -0.15) is 0 Å². The molecule has 78 heavy (non-hydrogen) atoms. The minimum absolute atomic E-state index is 0.0163. The second kappa shape index (κ2) is 16.4. The molecule has 388 valence electrons. The van der Waals surface area contributed by atoms with Gasteiger partial charge in [-0.1, -0.05) is 171 Å². The molecular formula is C73H75B2N3. The molecule has 8 aromatic carbocycles. The third kappa shape index (κ3) is 6.72. The van der Waals surface area contributed by atoms with Gasteiger partial charge in [0.05, 0.1) is 16.6 Å². The highest BCUT2D eigenvalue weighted by molar-refractivity contribution is 7.02. The van der Waals surface area contributed by atoms with Gasteiger partial charge in [0.25, 0.3) is 0 Å². The smallest absolute Gasteiger partial charge is 0.247 e. The molecule has 0 radical (unpaired) electrons. The van der Waals surface area contributed by atoms with E-state index in [0.29, 0.717) is 0 Å². The first-order valence-corrected chi connectivity index (χ1v) is 29.7. The van der Waals surface area contributed by atoms with Gasteiger partial charge in [0, 0.05) is 55.4 Å². The molecule has 0 amide bonds. The molecule has 2 aromatic heterocycles. The third-order valence-corrected chi connectivity index (χ3v) is 20.8. The van der Waals surface area contributed by atoms with E-state index in [4.69, 9.17) is 0 Å². The normalized spacial score (nSPS) is 20.4. The Kier molecular flexibility index (Phi) is 10.2. The van der Waals surface area contributed by atoms with E-state index in [-0.39, 0.29) is 29.8 Å². The van der Waals surface area contributed by atoms with Crippen molar-refractivity contribution < 1.29 is 0 Å². The SMILES string of the molecule is Cc1cc(C)c(B2c3cc(C(C)(C)C)ccc3N3c4ccc(C(C)(C)C)cc4B(c4c(C)cc(C)c(C)c4C)c4cc(-n5c6ccccc6c6ccc7c8ccccc8n(C89CC%10CC(CC(C%10)C8)C9)c7c65)cc2c43)c(C)c1. The summed E-state index contributed by atoms with van der Waals surface area (Å²) in [6, 6.07) is 51.7. The molecule has 6 aliphatic rings. The third-order valence-electron chi connectivity index (χ3n) is 20.8. The van der Waals surface area contributed by atoms with Crippen LogP contribution in [-0.4, -0.2) is 22.6 Å². The zero-order chi connectivity index (χ0) is 53.8. The lowest BCUT2D eigenvalue weighted by Crippen LogP contribution is -2.66. The minimum Gasteiger partial charge on any atom is -0.332 e. The Bertz CT molecular complexity index is 4200. The van der Waals surface area contributed by atoms with Crippen LogP contribution in [0.25, 0.3) is 49.3 Å². The maximum Gasteiger partial charge on any atom is 0.247 e. The highest BCUT2D eigenvalue weighted by Crippen LogP contribution is 2.61. The summed E-state index contributed by atoms with van der Waals surface area (Å²) in [5.74, 6) is 2.45. The number of hydrogen-bond donors (Lipinski definition) is 0. The number of nitrogens with zero attached hydrogens (tertiary/aromatic N) is 3. The lowest BCUT2D eigenvalue weighted by molar-refractivity contribution is -0.0386. The van der Waals surface area contributed by atoms with Crippen LogP contribution in [0.1, 0.15) is 130 Å². The minimum atomic E-state index is -0.0450. The van der Waals surface area contributed by atoms with Crippen molar-refractivity contribution in [3.63, 3.8) is 0 Å². The average Bonchev–Trinajstić information content (AvgIpc) is 2.96. The lowest BCUT2D eigenvalue weighted by atomic mass is 9.29. The summed E-state index contributed by atoms with van der Waals surface area (Å²) in [6.45, 7) is 30.8. The van der Waals surface area contributed by atoms with E-state index in [1.807, 2.05) is 0 Å². The fraction of sp³-hybridized carbons (Fsp3) is 0.342. The molecule has 0 unspecified atom stereocenters. The first-order valence-electron chi connectivity index (χ1n) is 29.7. The van der Waals surface area contributed by atoms with E-state index >= 15 is 0 Å². The van der Waals surface area contributed by atoms with Crippen molar-refractivity contribution in [2.45, 2.75) is 145 Å². The van der Waals surface area contributed by atoms with Crippen molar-refractivity contribution in [1.29, 1.82) is 0 Å². The fourth-order valence-electron chi connectivity index (χ4n) is 17.7. The number of anilines is 3. The van der Waals surface area contributed by atoms with Crippen LogP contribution in [0.5, 0.6) is 0 Å². The summed E-state index contributed by atoms with van der Waals surface area (Å²) >= 11 is 0. The molecule has 0 saturated heterocycles. The van der Waals surface area contributed by atoms with Crippen molar-refractivity contribution in [1.82, 2.24) is 9.13 Å². The quantitative estimate of drug-likeness (QED) is 0.160. The molecule has 0 atom stereocenters. The largest absolute Gasteiger partial charge is 0.332 e. The Labute approximate surface area is 464 Å². The molecule has 4 saturated carbocycles. The summed E-state index contributed by atoms with van der Waals surface area (Å²) in [5.41, 5.74) is 31.5. The van der Waals surface area contributed by atoms with Gasteiger partial charge >= 0.3 is 0 Å². The van der Waals surface area contributed by atoms with Crippen molar-refractivity contribution in [3.05, 3.63) is 177 Å². The Morgan fingerprint density at radius 3 is 1.49 bits per heavy atom. The summed E-state index contributed by atoms with van der Waals surface area (Å²) in [5, 5.41) is 5.45. The molecule has 4 aliphatic carbocycles. The van der Waals surface area contributed by atoms with Crippen molar-refractivity contribution in [3.8, 4) is 5.69 Å². The first kappa shape index (κ1) is 48.4. The van der Waals surface area contributed by atoms with E-state index < -0.39 is 0 Å². The zero-order valence-corrected chi connectivity index (χ0v) is 48.6. The predicted molar refractivity (Wildman–Crippen MR) is 337 cm³/mol. The van der Waals surface area contributed by atoms with Crippen LogP contribution >= 0.6 is 0 Å². The number of rotatable bonds is 4. The average molecular weight is 1020 g/mol. The van der Waals surface area contributed by atoms with E-state index in [1.165, 1.54) is 188 Å². The number of aryl methyl sites for hydroxylation is 5. The van der Waals surface area contributed by atoms with Gasteiger partial charge in [-0.25, -0.2) is 0 Å². The van der Waals surface area contributed by atoms with E-state index in [9.17, 15) is 0 Å². The zero-order valence-electron chi connectivity index (χ0n) is 48.6. The Morgan fingerprint density at radius 2 is 0.936 bits per heavy atom. The predicted octanol–water partition coefficient (Wildman–Crippen LogP) is 14.7. The van der Waals surface area contributed by atoms with Crippen LogP contribution in [0, 0.1) is 66.2 Å². The van der Waals surface area contributed by atoms with Gasteiger partial charge in [0.2, 0.25) is 13.4 Å². The van der Waals surface area contributed by atoms with E-state index in [0.717, 1.165) is 17.8 Å². The van der Waals surface area contributed by atoms with Gasteiger partial charge in [0.1, 0.15) is 0 Å². The molecule has 0 spiro atoms. The summed E-state index contributed by atoms with van der Waals surface area (Å²) in [4.78, 5) is 2.73. The van der Waals surface area contributed by atoms with Crippen LogP contribution in [0.15, 0.2) is 127 Å². The Morgan fingerprint density at radius 1 is 0.449 bits per heavy atom. The molecular weight excluding hydrogens is 940 g/mol. The topological polar surface area (TPSA) is 13.1 Å². The molecule has 10 aromatic rings. The van der Waals surface area contributed by atoms with Gasteiger partial charge in [-0.15, -0.1) is 0 Å². The number of fused-ring (bicyclic) bond motifs is 11. The summed E-state index contributed by atoms with van der Waals surface area (Å²) in [6.07, 6.45) is 8.14. The van der Waals surface area contributed by atoms with Crippen LogP contribution in [-0.2, 0) is 16.4 Å². The molecule has 2 aliphatic heterocycles. The number of para-hydroxylation sites is 2. The molecule has 16 rings (SSSR count). The molecule has 4 heterocycles. The number of benzene rings is 8. The van der Waals surface area contributed by atoms with Gasteiger partial charge < -0.3 is 14.0 Å². The van der Waals surface area contributed by atoms with Crippen LogP contribution in [0.4, 0.5) is 17.1 Å². The second-order valence-corrected chi connectivity index (χ2v) is 27.9. The molecule has 3 nitrogen and oxygen atoms in total. The molecule has 4 bridgehead atoms. The van der Waals surface area contributed by atoms with E-state index in [1.54, 1.807) is 0 Å². The van der Waals surface area contributed by atoms with Crippen molar-refractivity contribution in [2.75, 3.05) is 4.90 Å². The summed E-state index contributed by atoms with van der Waals surface area (Å²) in [7, 11) is 0. The fourth-order valence-corrected chi connectivity index (χ4v) is 17.7. The van der Waals surface area contributed by atoms with Gasteiger partial charge in [-0.3, -0.25) is 0 Å². The van der Waals surface area contributed by atoms with Gasteiger partial charge in [-0.05, 0) is 196 Å². The maximum absolute atomic E-state index is 2.98. The molecule has 4 fully saturated rings. The van der Waals surface area contributed by atoms with Crippen LogP contribution < -0.4 is 37.7 Å². The highest BCUT2D eigenvalue weighted by atomic mass is 15.2. The standard InChI is InChI=1S/C73H75B2N3/c1-41-28-43(3)66(44(4)29-41)74-58-34-51(71(8,9)10)22-26-64(58)77-65-27-23-52(72(11,12)13)35-59(65)75(67-45(5)30-42(2)46(6)47(67)7)61-37-53(36-60(74)70(61)77)76-62-20-16-14-18-54(62)56-24-25-57-55-19-15-17-21-63(55)78(69(57)68(56)76)73-38-48-31-49(39-73)33-50(32-48)40-73/h14-30,34-37,48-50H,31-33,38-40H2,1-13H3. The van der Waals surface area contributed by atoms with Crippen LogP contribution in [0.3, 0.4) is 0 Å². The van der Waals surface area contributed by atoms with Crippen molar-refractivity contribution in [2.24, 2.45) is 17.8 Å². The lowest BCUT2D eigenvalue weighted by Gasteiger charge is -2.57. The second-order valence-electron chi connectivity index (χ2n) is 27.9. The first-order chi connectivity index (χ1) is 37.3. The van der Waals surface area contributed by atoms with Gasteiger partial charge in [0.15, 0.2) is 0 Å². The van der Waals surface area contributed by atoms with Crippen molar-refractivity contribution >= 4 is 107 Å². The van der Waals surface area contributed by atoms with Crippen LogP contribution in [0.2, 0.25) is 0 Å². The molecule has 5 heteroatoms. The highest BCUT2D eigenvalue weighted by Gasteiger charge is 2.53. The number of hydrogen-bond acceptors (Lipinski definition) is 1. The Hall–Kier alpha value is -6.71. The summed E-state index contributed by atoms with van der Waals surface area (Å²) < 4.78 is 5.75. The Balaban J connectivity index is 1.14. The monoisotopic (exact) mass is 1020 g/mol. The van der Waals surface area contributed by atoms with E-state index in [2.05, 4.69) is 231 Å². The maximum atomic E-state index is 2.98.